The summed E-state index contributed by atoms with van der Waals surface area (Å²) in [5.41, 5.74) is 0. The maximum Gasteiger partial charge on any atom is 0.307 e. The molecule has 1 saturated carbocycles. The van der Waals surface area contributed by atoms with E-state index in [1.807, 2.05) is 0 Å². The lowest BCUT2D eigenvalue weighted by atomic mass is 9.90. The molecular formula is C13H23NO3. The second kappa shape index (κ2) is 6.97. The monoisotopic (exact) mass is 241 g/mol. The molecule has 0 bridgehead atoms. The molecule has 2 fully saturated rings. The maximum absolute atomic E-state index is 11.6. The zero-order valence-electron chi connectivity index (χ0n) is 10.5. The third kappa shape index (κ3) is 4.64. The number of morpholine rings is 1. The lowest BCUT2D eigenvalue weighted by molar-refractivity contribution is -0.146. The van der Waals surface area contributed by atoms with Crippen molar-refractivity contribution < 1.29 is 14.3 Å². The smallest absolute Gasteiger partial charge is 0.307 e. The average molecular weight is 241 g/mol. The number of nitrogens with one attached hydrogen (secondary N) is 1. The summed E-state index contributed by atoms with van der Waals surface area (Å²) in [5.74, 6) is 0.516. The minimum Gasteiger partial charge on any atom is -0.465 e. The first-order valence-electron chi connectivity index (χ1n) is 6.81. The second-order valence-corrected chi connectivity index (χ2v) is 5.12. The Morgan fingerprint density at radius 3 is 2.82 bits per heavy atom. The van der Waals surface area contributed by atoms with Gasteiger partial charge < -0.3 is 14.8 Å². The number of hydrogen-bond acceptors (Lipinski definition) is 4. The van der Waals surface area contributed by atoms with Gasteiger partial charge in [0, 0.05) is 12.6 Å². The number of esters is 1. The lowest BCUT2D eigenvalue weighted by Gasteiger charge is -2.24. The van der Waals surface area contributed by atoms with Crippen molar-refractivity contribution in [1.29, 1.82) is 0 Å². The number of carbonyl (C=O) groups excluding carboxylic acids is 1. The summed E-state index contributed by atoms with van der Waals surface area (Å²) >= 11 is 0. The van der Waals surface area contributed by atoms with Crippen molar-refractivity contribution in [2.75, 3.05) is 26.4 Å². The summed E-state index contributed by atoms with van der Waals surface area (Å²) < 4.78 is 10.7. The predicted octanol–water partition coefficient (Wildman–Crippen LogP) is 1.49. The summed E-state index contributed by atoms with van der Waals surface area (Å²) in [4.78, 5) is 11.6. The molecule has 2 rings (SSSR count). The number of carbonyl (C=O) groups is 1. The largest absolute Gasteiger partial charge is 0.465 e. The van der Waals surface area contributed by atoms with Gasteiger partial charge in [0.1, 0.15) is 0 Å². The van der Waals surface area contributed by atoms with Crippen LogP contribution in [0.25, 0.3) is 0 Å². The minimum absolute atomic E-state index is 0.0847. The molecule has 4 nitrogen and oxygen atoms in total. The Morgan fingerprint density at radius 1 is 1.29 bits per heavy atom. The van der Waals surface area contributed by atoms with Gasteiger partial charge in [-0.3, -0.25) is 4.79 Å². The van der Waals surface area contributed by atoms with Crippen molar-refractivity contribution in [3.05, 3.63) is 0 Å². The van der Waals surface area contributed by atoms with Gasteiger partial charge in [0.25, 0.3) is 0 Å². The quantitative estimate of drug-likeness (QED) is 0.758. The first kappa shape index (κ1) is 12.8. The van der Waals surface area contributed by atoms with Gasteiger partial charge in [0.15, 0.2) is 0 Å². The van der Waals surface area contributed by atoms with E-state index < -0.39 is 0 Å². The molecule has 0 spiro atoms. The second-order valence-electron chi connectivity index (χ2n) is 5.12. The highest BCUT2D eigenvalue weighted by atomic mass is 16.5. The van der Waals surface area contributed by atoms with Crippen LogP contribution >= 0.6 is 0 Å². The standard InChI is InChI=1S/C13H23NO3/c15-13(8-12-10-16-7-6-14-12)17-9-11-4-2-1-3-5-11/h11-12,14H,1-10H2. The van der Waals surface area contributed by atoms with E-state index in [1.54, 1.807) is 0 Å². The summed E-state index contributed by atoms with van der Waals surface area (Å²) in [5, 5.41) is 3.26. The Kier molecular flexibility index (Phi) is 5.26. The third-order valence-electron chi connectivity index (χ3n) is 3.62. The van der Waals surface area contributed by atoms with Gasteiger partial charge in [-0.15, -0.1) is 0 Å². The van der Waals surface area contributed by atoms with Gasteiger partial charge in [-0.25, -0.2) is 0 Å². The SMILES string of the molecule is O=C(CC1COCCN1)OCC1CCCCC1. The van der Waals surface area contributed by atoms with Crippen LogP contribution in [0.5, 0.6) is 0 Å². The molecule has 4 heteroatoms. The zero-order valence-corrected chi connectivity index (χ0v) is 10.5. The average Bonchev–Trinajstić information content (AvgIpc) is 2.39. The van der Waals surface area contributed by atoms with Crippen LogP contribution in [0.3, 0.4) is 0 Å². The first-order chi connectivity index (χ1) is 8.34. The van der Waals surface area contributed by atoms with Crippen molar-refractivity contribution in [2.45, 2.75) is 44.6 Å². The first-order valence-corrected chi connectivity index (χ1v) is 6.81. The van der Waals surface area contributed by atoms with E-state index >= 15 is 0 Å². The maximum atomic E-state index is 11.6. The Bertz CT molecular complexity index is 233. The Labute approximate surface area is 103 Å². The zero-order chi connectivity index (χ0) is 11.9. The fourth-order valence-electron chi connectivity index (χ4n) is 2.58. The van der Waals surface area contributed by atoms with Crippen LogP contribution in [0.2, 0.25) is 0 Å². The van der Waals surface area contributed by atoms with Gasteiger partial charge in [0.2, 0.25) is 0 Å². The molecule has 0 radical (unpaired) electrons. The van der Waals surface area contributed by atoms with Crippen molar-refractivity contribution in [1.82, 2.24) is 5.32 Å². The van der Waals surface area contributed by atoms with Crippen molar-refractivity contribution in [3.63, 3.8) is 0 Å². The van der Waals surface area contributed by atoms with Gasteiger partial charge in [-0.2, -0.15) is 0 Å². The number of rotatable bonds is 4. The van der Waals surface area contributed by atoms with Crippen molar-refractivity contribution in [2.24, 2.45) is 5.92 Å². The molecule has 0 aromatic rings. The van der Waals surface area contributed by atoms with E-state index in [1.165, 1.54) is 32.1 Å². The Balaban J connectivity index is 1.59. The molecule has 0 aromatic carbocycles. The van der Waals surface area contributed by atoms with Crippen LogP contribution in [-0.2, 0) is 14.3 Å². The van der Waals surface area contributed by atoms with Crippen LogP contribution in [0.1, 0.15) is 38.5 Å². The van der Waals surface area contributed by atoms with Crippen LogP contribution in [0.4, 0.5) is 0 Å². The molecular weight excluding hydrogens is 218 g/mol. The van der Waals surface area contributed by atoms with E-state index in [2.05, 4.69) is 5.32 Å². The molecule has 17 heavy (non-hydrogen) atoms. The summed E-state index contributed by atoms with van der Waals surface area (Å²) in [6.45, 7) is 2.82. The van der Waals surface area contributed by atoms with Gasteiger partial charge in [-0.05, 0) is 18.8 Å². The summed E-state index contributed by atoms with van der Waals surface area (Å²) in [6.07, 6.45) is 6.80. The van der Waals surface area contributed by atoms with Crippen LogP contribution in [0.15, 0.2) is 0 Å². The summed E-state index contributed by atoms with van der Waals surface area (Å²) in [6, 6.07) is 0.141. The molecule has 1 unspecified atom stereocenters. The van der Waals surface area contributed by atoms with E-state index in [0.29, 0.717) is 25.6 Å². The molecule has 1 aliphatic heterocycles. The van der Waals surface area contributed by atoms with Gasteiger partial charge >= 0.3 is 5.97 Å². The highest BCUT2D eigenvalue weighted by Crippen LogP contribution is 2.23. The van der Waals surface area contributed by atoms with Crippen LogP contribution < -0.4 is 5.32 Å². The molecule has 98 valence electrons. The topological polar surface area (TPSA) is 47.6 Å². The molecule has 1 heterocycles. The minimum atomic E-state index is -0.0847. The highest BCUT2D eigenvalue weighted by molar-refractivity contribution is 5.70. The predicted molar refractivity (Wildman–Crippen MR) is 64.8 cm³/mol. The van der Waals surface area contributed by atoms with Crippen molar-refractivity contribution >= 4 is 5.97 Å². The fraction of sp³-hybridized carbons (Fsp3) is 0.923. The Hall–Kier alpha value is -0.610. The third-order valence-corrected chi connectivity index (χ3v) is 3.62. The number of ether oxygens (including phenoxy) is 2. The lowest BCUT2D eigenvalue weighted by Crippen LogP contribution is -2.42. The molecule has 1 N–H and O–H groups in total. The fourth-order valence-corrected chi connectivity index (χ4v) is 2.58. The number of hydrogen-bond donors (Lipinski definition) is 1. The van der Waals surface area contributed by atoms with Crippen molar-refractivity contribution in [3.8, 4) is 0 Å². The van der Waals surface area contributed by atoms with Crippen LogP contribution in [0, 0.1) is 5.92 Å². The Morgan fingerprint density at radius 2 is 2.12 bits per heavy atom. The molecule has 0 amide bonds. The highest BCUT2D eigenvalue weighted by Gasteiger charge is 2.19. The van der Waals surface area contributed by atoms with Gasteiger partial charge in [-0.1, -0.05) is 19.3 Å². The molecule has 1 aliphatic carbocycles. The molecule has 1 saturated heterocycles. The normalized spacial score (nSPS) is 26.7. The molecule has 1 atom stereocenters. The van der Waals surface area contributed by atoms with Gasteiger partial charge in [0.05, 0.1) is 26.2 Å². The van der Waals surface area contributed by atoms with E-state index in [9.17, 15) is 4.79 Å². The van der Waals surface area contributed by atoms with E-state index in [-0.39, 0.29) is 12.0 Å². The van der Waals surface area contributed by atoms with E-state index in [0.717, 1.165) is 13.2 Å². The van der Waals surface area contributed by atoms with Crippen LogP contribution in [-0.4, -0.2) is 38.4 Å². The molecule has 2 aliphatic rings. The van der Waals surface area contributed by atoms with E-state index in [4.69, 9.17) is 9.47 Å². The molecule has 0 aromatic heterocycles. The summed E-state index contributed by atoms with van der Waals surface area (Å²) in [7, 11) is 0.